The fourth-order valence-corrected chi connectivity index (χ4v) is 0.704. The van der Waals surface area contributed by atoms with Gasteiger partial charge in [0.25, 0.3) is 0 Å². The SMILES string of the molecule is N#CC1C=CC(=C=N)C=C1. The average Bonchev–Trinajstić information content (AvgIpc) is 2.05. The smallest absolute Gasteiger partial charge is 0.0831 e. The highest BCUT2D eigenvalue weighted by atomic mass is 14.3. The summed E-state index contributed by atoms with van der Waals surface area (Å²) < 4.78 is 0. The number of nitrogens with one attached hydrogen (secondary N) is 1. The first-order chi connectivity index (χ1) is 4.86. The van der Waals surface area contributed by atoms with E-state index in [0.717, 1.165) is 0 Å². The fraction of sp³-hybridized carbons (Fsp3) is 0.125. The lowest BCUT2D eigenvalue weighted by molar-refractivity contribution is 1.06. The van der Waals surface area contributed by atoms with E-state index >= 15 is 0 Å². The lowest BCUT2D eigenvalue weighted by Gasteiger charge is -1.99. The zero-order valence-corrected chi connectivity index (χ0v) is 5.33. The van der Waals surface area contributed by atoms with Gasteiger partial charge in [-0.3, -0.25) is 5.41 Å². The van der Waals surface area contributed by atoms with Crippen LogP contribution in [0.25, 0.3) is 0 Å². The van der Waals surface area contributed by atoms with Crippen molar-refractivity contribution in [2.24, 2.45) is 5.92 Å². The van der Waals surface area contributed by atoms with Gasteiger partial charge in [0.15, 0.2) is 0 Å². The van der Waals surface area contributed by atoms with E-state index in [1.54, 1.807) is 24.3 Å². The average molecular weight is 130 g/mol. The van der Waals surface area contributed by atoms with Gasteiger partial charge in [-0.2, -0.15) is 5.26 Å². The third-order valence-corrected chi connectivity index (χ3v) is 1.26. The van der Waals surface area contributed by atoms with Crippen molar-refractivity contribution in [3.63, 3.8) is 0 Å². The van der Waals surface area contributed by atoms with Gasteiger partial charge in [0, 0.05) is 5.57 Å². The summed E-state index contributed by atoms with van der Waals surface area (Å²) in [5.41, 5.74) is 0.714. The summed E-state index contributed by atoms with van der Waals surface area (Å²) in [6.45, 7) is 0. The van der Waals surface area contributed by atoms with Crippen LogP contribution in [-0.4, -0.2) is 5.87 Å². The van der Waals surface area contributed by atoms with E-state index in [4.69, 9.17) is 10.7 Å². The molecule has 2 heteroatoms. The lowest BCUT2D eigenvalue weighted by atomic mass is 10.0. The molecule has 2 nitrogen and oxygen atoms in total. The van der Waals surface area contributed by atoms with Crippen molar-refractivity contribution in [3.8, 4) is 6.07 Å². The first-order valence-electron chi connectivity index (χ1n) is 2.92. The summed E-state index contributed by atoms with van der Waals surface area (Å²) in [7, 11) is 0. The van der Waals surface area contributed by atoms with Gasteiger partial charge >= 0.3 is 0 Å². The molecule has 0 atom stereocenters. The molecule has 1 aliphatic carbocycles. The third kappa shape index (κ3) is 1.22. The summed E-state index contributed by atoms with van der Waals surface area (Å²) >= 11 is 0. The Morgan fingerprint density at radius 1 is 1.40 bits per heavy atom. The van der Waals surface area contributed by atoms with E-state index in [2.05, 4.69) is 11.9 Å². The molecular weight excluding hydrogens is 124 g/mol. The van der Waals surface area contributed by atoms with E-state index in [1.807, 2.05) is 0 Å². The van der Waals surface area contributed by atoms with Crippen LogP contribution in [0.1, 0.15) is 0 Å². The molecule has 48 valence electrons. The van der Waals surface area contributed by atoms with Crippen LogP contribution < -0.4 is 0 Å². The van der Waals surface area contributed by atoms with E-state index in [9.17, 15) is 0 Å². The van der Waals surface area contributed by atoms with Crippen molar-refractivity contribution in [1.82, 2.24) is 0 Å². The summed E-state index contributed by atoms with van der Waals surface area (Å²) in [5, 5.41) is 15.2. The lowest BCUT2D eigenvalue weighted by Crippen LogP contribution is -1.91. The Labute approximate surface area is 59.3 Å². The van der Waals surface area contributed by atoms with Crippen molar-refractivity contribution in [2.75, 3.05) is 0 Å². The van der Waals surface area contributed by atoms with Crippen LogP contribution in [0, 0.1) is 22.7 Å². The highest BCUT2D eigenvalue weighted by molar-refractivity contribution is 5.64. The van der Waals surface area contributed by atoms with Gasteiger partial charge in [0.1, 0.15) is 0 Å². The van der Waals surface area contributed by atoms with Crippen LogP contribution in [0.15, 0.2) is 29.9 Å². The van der Waals surface area contributed by atoms with Crippen LogP contribution in [0.3, 0.4) is 0 Å². The largest absolute Gasteiger partial charge is 0.258 e. The van der Waals surface area contributed by atoms with Crippen LogP contribution in [-0.2, 0) is 0 Å². The molecule has 0 heterocycles. The highest BCUT2D eigenvalue weighted by Crippen LogP contribution is 2.09. The molecule has 0 unspecified atom stereocenters. The number of nitrogens with zero attached hydrogens (tertiary/aromatic N) is 1. The van der Waals surface area contributed by atoms with Gasteiger partial charge in [0.2, 0.25) is 0 Å². The second-order valence-corrected chi connectivity index (χ2v) is 1.95. The predicted molar refractivity (Wildman–Crippen MR) is 38.6 cm³/mol. The van der Waals surface area contributed by atoms with Crippen LogP contribution in [0.2, 0.25) is 0 Å². The second-order valence-electron chi connectivity index (χ2n) is 1.95. The van der Waals surface area contributed by atoms with Crippen molar-refractivity contribution in [2.45, 2.75) is 0 Å². The number of hydrogen-bond donors (Lipinski definition) is 1. The Morgan fingerprint density at radius 3 is 2.40 bits per heavy atom. The summed E-state index contributed by atoms with van der Waals surface area (Å²) in [6.07, 6.45) is 6.94. The Kier molecular flexibility index (Phi) is 1.84. The fourth-order valence-electron chi connectivity index (χ4n) is 0.704. The molecule has 0 amide bonds. The van der Waals surface area contributed by atoms with E-state index in [-0.39, 0.29) is 5.92 Å². The monoisotopic (exact) mass is 130 g/mol. The zero-order valence-electron chi connectivity index (χ0n) is 5.33. The topological polar surface area (TPSA) is 47.6 Å². The van der Waals surface area contributed by atoms with Crippen LogP contribution >= 0.6 is 0 Å². The molecule has 0 saturated carbocycles. The van der Waals surface area contributed by atoms with Gasteiger partial charge in [-0.25, -0.2) is 0 Å². The Morgan fingerprint density at radius 2 is 2.00 bits per heavy atom. The van der Waals surface area contributed by atoms with Crippen molar-refractivity contribution in [3.05, 3.63) is 29.9 Å². The normalized spacial score (nSPS) is 21.9. The molecule has 1 rings (SSSR count). The van der Waals surface area contributed by atoms with Gasteiger partial charge in [-0.15, -0.1) is 0 Å². The third-order valence-electron chi connectivity index (χ3n) is 1.26. The quantitative estimate of drug-likeness (QED) is 0.495. The van der Waals surface area contributed by atoms with E-state index in [1.165, 1.54) is 0 Å². The number of rotatable bonds is 0. The van der Waals surface area contributed by atoms with Gasteiger partial charge < -0.3 is 0 Å². The molecule has 0 aromatic heterocycles. The summed E-state index contributed by atoms with van der Waals surface area (Å²) in [6, 6.07) is 2.07. The molecular formula is C8H6N2. The second kappa shape index (κ2) is 2.82. The summed E-state index contributed by atoms with van der Waals surface area (Å²) in [5.74, 6) is 2.10. The van der Waals surface area contributed by atoms with Crippen LogP contribution in [0.5, 0.6) is 0 Å². The minimum Gasteiger partial charge on any atom is -0.258 e. The van der Waals surface area contributed by atoms with Crippen molar-refractivity contribution < 1.29 is 0 Å². The Bertz CT molecular complexity index is 256. The Hall–Kier alpha value is -1.58. The summed E-state index contributed by atoms with van der Waals surface area (Å²) in [4.78, 5) is 0. The minimum atomic E-state index is -0.128. The Balaban J connectivity index is 2.83. The standard InChI is InChI=1S/C8H6N2/c9-5-7-1-2-8(6-10)4-3-7/h1-4,7,10H. The molecule has 0 fully saturated rings. The van der Waals surface area contributed by atoms with E-state index in [0.29, 0.717) is 5.57 Å². The molecule has 1 N–H and O–H groups in total. The molecule has 0 saturated heterocycles. The predicted octanol–water partition coefficient (Wildman–Crippen LogP) is 1.43. The number of allylic oxidation sites excluding steroid dienone is 5. The molecule has 10 heavy (non-hydrogen) atoms. The first-order valence-corrected chi connectivity index (χ1v) is 2.92. The molecule has 0 spiro atoms. The van der Waals surface area contributed by atoms with E-state index < -0.39 is 0 Å². The first kappa shape index (κ1) is 6.54. The van der Waals surface area contributed by atoms with Gasteiger partial charge in [-0.05, 0) is 18.0 Å². The molecule has 0 bridgehead atoms. The number of nitriles is 1. The zero-order chi connectivity index (χ0) is 7.40. The molecule has 1 aliphatic rings. The van der Waals surface area contributed by atoms with Crippen molar-refractivity contribution in [1.29, 1.82) is 10.7 Å². The number of hydrogen-bond acceptors (Lipinski definition) is 2. The molecule has 0 radical (unpaired) electrons. The van der Waals surface area contributed by atoms with Gasteiger partial charge in [-0.1, -0.05) is 12.2 Å². The highest BCUT2D eigenvalue weighted by Gasteiger charge is 2.00. The molecule has 0 aliphatic heterocycles. The van der Waals surface area contributed by atoms with Gasteiger partial charge in [0.05, 0.1) is 12.0 Å². The maximum Gasteiger partial charge on any atom is 0.0831 e. The molecule has 0 aromatic rings. The minimum absolute atomic E-state index is 0.128. The maximum absolute atomic E-state index is 8.42. The maximum atomic E-state index is 8.42. The van der Waals surface area contributed by atoms with Crippen molar-refractivity contribution >= 4 is 5.87 Å². The van der Waals surface area contributed by atoms with Crippen LogP contribution in [0.4, 0.5) is 0 Å². The molecule has 0 aromatic carbocycles.